The molecule has 186 valence electrons. The van der Waals surface area contributed by atoms with Gasteiger partial charge in [0.1, 0.15) is 18.1 Å². The number of hydrogen-bond acceptors (Lipinski definition) is 4. The molecule has 6 rings (SSSR count). The molecule has 10 heteroatoms. The molecule has 1 aliphatic heterocycles. The summed E-state index contributed by atoms with van der Waals surface area (Å²) in [5, 5.41) is 4.59. The normalized spacial score (nSPS) is 17.2. The number of aromatic nitrogens is 4. The molecule has 0 aliphatic carbocycles. The maximum Gasteiger partial charge on any atom is 0.323 e. The Morgan fingerprint density at radius 2 is 1.84 bits per heavy atom. The highest BCUT2D eigenvalue weighted by Gasteiger charge is 2.36. The predicted octanol–water partition coefficient (Wildman–Crippen LogP) is 4.71. The van der Waals surface area contributed by atoms with Gasteiger partial charge in [-0.3, -0.25) is 4.79 Å². The number of nitrogens with one attached hydrogen (secondary N) is 2. The first-order chi connectivity index (χ1) is 19.6. The Balaban J connectivity index is 1.41. The van der Waals surface area contributed by atoms with Gasteiger partial charge in [0.05, 0.1) is 22.2 Å². The van der Waals surface area contributed by atoms with Crippen molar-refractivity contribution in [2.24, 2.45) is 0 Å². The maximum atomic E-state index is 13.8. The second kappa shape index (κ2) is 9.45. The fourth-order valence-corrected chi connectivity index (χ4v) is 4.56. The number of aromatic amines is 2. The molecular weight excluding hydrogens is 541 g/mol. The lowest BCUT2D eigenvalue weighted by Gasteiger charge is -2.23. The number of hydrogen-bond donors (Lipinski definition) is 2. The van der Waals surface area contributed by atoms with Crippen LogP contribution in [-0.2, 0) is 16.0 Å². The summed E-state index contributed by atoms with van der Waals surface area (Å²) in [5.41, 5.74) is 3.11. The number of imidazole rings is 1. The van der Waals surface area contributed by atoms with Crippen LogP contribution in [0.2, 0.25) is 0 Å². The molecule has 1 aliphatic rings. The van der Waals surface area contributed by atoms with E-state index in [1.165, 1.54) is 35.1 Å². The number of carbonyl (C=O) groups is 1. The SMILES string of the molecule is [2H]c1c([2H])c(-n2cc(C3OCC(=O)N3CCc3ccc4[nH]c(=O)[nH]c4c3)c(-c3ccc(F)cc3)n2)c([2H])c([2H])c1Br. The first-order valence-electron chi connectivity index (χ1n) is 13.4. The van der Waals surface area contributed by atoms with E-state index in [9.17, 15) is 14.0 Å². The molecule has 0 saturated carbocycles. The standard InChI is InChI=1S/C27H21BrFN5O3/c28-18-4-8-20(9-5-18)34-14-21(25(32-34)17-2-6-19(29)7-3-17)26-33(24(35)15-37-26)12-11-16-1-10-22-23(13-16)31-27(36)30-22/h1-10,13-14,26H,11-12,15H2,(H2,30,31,36)/i4D,5D,8D,9D. The lowest BCUT2D eigenvalue weighted by atomic mass is 10.1. The number of halogens is 2. The fourth-order valence-electron chi connectivity index (χ4n) is 4.36. The molecule has 1 amide bonds. The second-order valence-corrected chi connectivity index (χ2v) is 9.30. The Hall–Kier alpha value is -4.02. The fraction of sp³-hybridized carbons (Fsp3) is 0.148. The molecule has 0 spiro atoms. The van der Waals surface area contributed by atoms with E-state index in [4.69, 9.17) is 10.2 Å². The van der Waals surface area contributed by atoms with Crippen LogP contribution in [0, 0.1) is 5.82 Å². The molecule has 5 aromatic rings. The van der Waals surface area contributed by atoms with Gasteiger partial charge >= 0.3 is 5.69 Å². The zero-order valence-electron chi connectivity index (χ0n) is 23.1. The minimum Gasteiger partial charge on any atom is -0.344 e. The van der Waals surface area contributed by atoms with Crippen LogP contribution < -0.4 is 5.69 Å². The average Bonchev–Trinajstić information content (AvgIpc) is 3.65. The summed E-state index contributed by atoms with van der Waals surface area (Å²) in [7, 11) is 0. The Bertz CT molecular complexity index is 1860. The maximum absolute atomic E-state index is 13.8. The van der Waals surface area contributed by atoms with E-state index in [0.717, 1.165) is 5.56 Å². The lowest BCUT2D eigenvalue weighted by molar-refractivity contribution is -0.128. The molecule has 1 unspecified atom stereocenters. The van der Waals surface area contributed by atoms with Crippen molar-refractivity contribution in [3.63, 3.8) is 0 Å². The number of carbonyl (C=O) groups excluding carboxylic acids is 1. The second-order valence-electron chi connectivity index (χ2n) is 8.51. The van der Waals surface area contributed by atoms with Gasteiger partial charge in [-0.25, -0.2) is 13.9 Å². The Morgan fingerprint density at radius 1 is 1.08 bits per heavy atom. The zero-order valence-corrected chi connectivity index (χ0v) is 20.7. The van der Waals surface area contributed by atoms with Crippen LogP contribution in [0.25, 0.3) is 28.0 Å². The van der Waals surface area contributed by atoms with Crippen LogP contribution >= 0.6 is 15.9 Å². The summed E-state index contributed by atoms with van der Waals surface area (Å²) >= 11 is 3.11. The minimum atomic E-state index is -0.878. The Labute approximate surface area is 224 Å². The molecule has 1 saturated heterocycles. The third kappa shape index (κ3) is 4.61. The average molecular weight is 566 g/mol. The Morgan fingerprint density at radius 3 is 2.62 bits per heavy atom. The van der Waals surface area contributed by atoms with Crippen molar-refractivity contribution in [3.05, 3.63) is 105 Å². The van der Waals surface area contributed by atoms with E-state index < -0.39 is 12.0 Å². The van der Waals surface area contributed by atoms with E-state index in [1.807, 2.05) is 12.1 Å². The van der Waals surface area contributed by atoms with Crippen molar-refractivity contribution in [1.29, 1.82) is 0 Å². The van der Waals surface area contributed by atoms with E-state index in [0.29, 0.717) is 34.3 Å². The van der Waals surface area contributed by atoms with Crippen LogP contribution in [0.4, 0.5) is 4.39 Å². The molecule has 3 aromatic carbocycles. The third-order valence-electron chi connectivity index (χ3n) is 6.13. The van der Waals surface area contributed by atoms with Crippen LogP contribution in [0.3, 0.4) is 0 Å². The highest BCUT2D eigenvalue weighted by Crippen LogP contribution is 2.35. The highest BCUT2D eigenvalue weighted by molar-refractivity contribution is 9.10. The van der Waals surface area contributed by atoms with Gasteiger partial charge in [0, 0.05) is 28.3 Å². The summed E-state index contributed by atoms with van der Waals surface area (Å²) in [5.74, 6) is -0.700. The van der Waals surface area contributed by atoms with E-state index in [2.05, 4.69) is 31.0 Å². The van der Waals surface area contributed by atoms with Crippen LogP contribution in [0.5, 0.6) is 0 Å². The minimum absolute atomic E-state index is 0.0280. The number of ether oxygens (including phenoxy) is 1. The van der Waals surface area contributed by atoms with E-state index in [-0.39, 0.29) is 59.1 Å². The quantitative estimate of drug-likeness (QED) is 0.311. The van der Waals surface area contributed by atoms with Gasteiger partial charge in [-0.1, -0.05) is 22.0 Å². The van der Waals surface area contributed by atoms with Gasteiger partial charge in [0.25, 0.3) is 5.91 Å². The van der Waals surface area contributed by atoms with Gasteiger partial charge in [0.15, 0.2) is 6.23 Å². The number of benzene rings is 3. The number of rotatable bonds is 6. The molecule has 37 heavy (non-hydrogen) atoms. The highest BCUT2D eigenvalue weighted by atomic mass is 79.9. The molecule has 1 fully saturated rings. The molecule has 2 N–H and O–H groups in total. The topological polar surface area (TPSA) is 96.0 Å². The monoisotopic (exact) mass is 565 g/mol. The summed E-state index contributed by atoms with van der Waals surface area (Å²) in [6, 6.07) is 9.92. The van der Waals surface area contributed by atoms with Gasteiger partial charge in [-0.05, 0) is 72.6 Å². The van der Waals surface area contributed by atoms with Crippen molar-refractivity contribution in [1.82, 2.24) is 24.6 Å². The smallest absolute Gasteiger partial charge is 0.323 e. The van der Waals surface area contributed by atoms with Crippen molar-refractivity contribution in [2.75, 3.05) is 13.2 Å². The number of fused-ring (bicyclic) bond motifs is 1. The molecule has 8 nitrogen and oxygen atoms in total. The summed E-state index contributed by atoms with van der Waals surface area (Å²) < 4.78 is 54.3. The first kappa shape index (κ1) is 19.1. The van der Waals surface area contributed by atoms with Crippen LogP contribution in [0.1, 0.15) is 22.8 Å². The predicted molar refractivity (Wildman–Crippen MR) is 140 cm³/mol. The summed E-state index contributed by atoms with van der Waals surface area (Å²) in [4.78, 5) is 31.5. The number of H-pyrrole nitrogens is 2. The van der Waals surface area contributed by atoms with Crippen molar-refractivity contribution >= 4 is 32.9 Å². The van der Waals surface area contributed by atoms with Gasteiger partial charge < -0.3 is 19.6 Å². The van der Waals surface area contributed by atoms with Crippen molar-refractivity contribution in [2.45, 2.75) is 12.6 Å². The van der Waals surface area contributed by atoms with Gasteiger partial charge in [-0.2, -0.15) is 5.10 Å². The first-order valence-corrected chi connectivity index (χ1v) is 12.2. The van der Waals surface area contributed by atoms with Crippen LogP contribution in [-0.4, -0.2) is 43.7 Å². The molecule has 2 aromatic heterocycles. The lowest BCUT2D eigenvalue weighted by Crippen LogP contribution is -2.30. The molecule has 0 bridgehead atoms. The summed E-state index contributed by atoms with van der Waals surface area (Å²) in [6.07, 6.45) is 1.10. The molecular formula is C27H21BrFN5O3. The Kier molecular flexibility index (Phi) is 4.89. The van der Waals surface area contributed by atoms with Crippen molar-refractivity contribution < 1.29 is 19.4 Å². The third-order valence-corrected chi connectivity index (χ3v) is 6.52. The summed E-state index contributed by atoms with van der Waals surface area (Å²) in [6.45, 7) is 0.0966. The molecule has 0 radical (unpaired) electrons. The van der Waals surface area contributed by atoms with E-state index >= 15 is 0 Å². The number of nitrogens with zero attached hydrogens (tertiary/aromatic N) is 3. The van der Waals surface area contributed by atoms with Crippen LogP contribution in [0.15, 0.2) is 82.1 Å². The largest absolute Gasteiger partial charge is 0.344 e. The van der Waals surface area contributed by atoms with E-state index in [1.54, 1.807) is 11.0 Å². The van der Waals surface area contributed by atoms with Gasteiger partial charge in [-0.15, -0.1) is 0 Å². The number of amides is 1. The molecule has 3 heterocycles. The van der Waals surface area contributed by atoms with Gasteiger partial charge in [0.2, 0.25) is 0 Å². The molecule has 1 atom stereocenters. The zero-order chi connectivity index (χ0) is 29.0. The van der Waals surface area contributed by atoms with Crippen molar-refractivity contribution in [3.8, 4) is 16.9 Å².